The summed E-state index contributed by atoms with van der Waals surface area (Å²) in [5, 5.41) is 3.77. The number of hydrogen-bond acceptors (Lipinski definition) is 5. The van der Waals surface area contributed by atoms with Gasteiger partial charge in [0.1, 0.15) is 0 Å². The summed E-state index contributed by atoms with van der Waals surface area (Å²) >= 11 is 0. The predicted molar refractivity (Wildman–Crippen MR) is 106 cm³/mol. The van der Waals surface area contributed by atoms with Crippen molar-refractivity contribution in [2.24, 2.45) is 0 Å². The quantitative estimate of drug-likeness (QED) is 0.764. The highest BCUT2D eigenvalue weighted by molar-refractivity contribution is 5.91. The minimum Gasteiger partial charge on any atom is -0.351 e. The Bertz CT molecular complexity index is 795. The fourth-order valence-electron chi connectivity index (χ4n) is 3.35. The molecule has 0 unspecified atom stereocenters. The summed E-state index contributed by atoms with van der Waals surface area (Å²) in [5.41, 5.74) is 1.82. The number of hydrogen-bond donors (Lipinski definition) is 0. The Hall–Kier alpha value is -2.67. The highest BCUT2D eigenvalue weighted by Crippen LogP contribution is 2.12. The number of benzene rings is 1. The van der Waals surface area contributed by atoms with Crippen LogP contribution in [0, 0.1) is 6.92 Å². The first-order chi connectivity index (χ1) is 13.4. The Labute approximate surface area is 165 Å². The van der Waals surface area contributed by atoms with E-state index >= 15 is 0 Å². The molecule has 0 aliphatic carbocycles. The number of carbonyl (C=O) groups is 2. The minimum absolute atomic E-state index is 0.115. The maximum absolute atomic E-state index is 12.9. The first-order valence-electron chi connectivity index (χ1n) is 9.72. The van der Waals surface area contributed by atoms with Gasteiger partial charge in [-0.15, -0.1) is 0 Å². The van der Waals surface area contributed by atoms with Crippen molar-refractivity contribution in [1.82, 2.24) is 19.9 Å². The Kier molecular flexibility index (Phi) is 6.46. The van der Waals surface area contributed by atoms with Gasteiger partial charge in [0.2, 0.25) is 11.7 Å². The molecule has 28 heavy (non-hydrogen) atoms. The van der Waals surface area contributed by atoms with Gasteiger partial charge in [0, 0.05) is 44.8 Å². The lowest BCUT2D eigenvalue weighted by Crippen LogP contribution is -2.52. The highest BCUT2D eigenvalue weighted by Gasteiger charge is 2.27. The molecule has 7 nitrogen and oxygen atoms in total. The van der Waals surface area contributed by atoms with Gasteiger partial charge in [0.15, 0.2) is 0 Å². The molecule has 1 aromatic heterocycles. The monoisotopic (exact) mass is 384 g/mol. The van der Waals surface area contributed by atoms with Gasteiger partial charge in [-0.3, -0.25) is 14.5 Å². The third-order valence-corrected chi connectivity index (χ3v) is 5.00. The summed E-state index contributed by atoms with van der Waals surface area (Å²) in [7, 11) is 0. The van der Waals surface area contributed by atoms with Crippen LogP contribution in [-0.2, 0) is 11.3 Å². The number of carbonyl (C=O) groups excluding carboxylic acids is 2. The van der Waals surface area contributed by atoms with Gasteiger partial charge >= 0.3 is 0 Å². The van der Waals surface area contributed by atoms with Gasteiger partial charge in [-0.05, 0) is 26.3 Å². The SMILES string of the molecule is Cc1cc(C(=O)N2CCN(CC(=O)N(Cc3ccccc3)C(C)C)CC2)on1. The molecule has 2 aromatic rings. The molecule has 0 spiro atoms. The van der Waals surface area contributed by atoms with Crippen LogP contribution in [0.15, 0.2) is 40.9 Å². The molecule has 2 heterocycles. The molecule has 3 rings (SSSR count). The van der Waals surface area contributed by atoms with Crippen LogP contribution in [0.2, 0.25) is 0 Å². The van der Waals surface area contributed by atoms with Crippen LogP contribution in [0.25, 0.3) is 0 Å². The fourth-order valence-corrected chi connectivity index (χ4v) is 3.35. The van der Waals surface area contributed by atoms with Gasteiger partial charge < -0.3 is 14.3 Å². The van der Waals surface area contributed by atoms with Crippen LogP contribution < -0.4 is 0 Å². The molecular weight excluding hydrogens is 356 g/mol. The fraction of sp³-hybridized carbons (Fsp3) is 0.476. The van der Waals surface area contributed by atoms with Crippen molar-refractivity contribution in [3.05, 3.63) is 53.4 Å². The number of amides is 2. The van der Waals surface area contributed by atoms with E-state index in [9.17, 15) is 9.59 Å². The average Bonchev–Trinajstić information content (AvgIpc) is 3.13. The van der Waals surface area contributed by atoms with Crippen molar-refractivity contribution in [3.8, 4) is 0 Å². The second-order valence-corrected chi connectivity index (χ2v) is 7.50. The first-order valence-corrected chi connectivity index (χ1v) is 9.72. The summed E-state index contributed by atoms with van der Waals surface area (Å²) in [5.74, 6) is 0.250. The zero-order chi connectivity index (χ0) is 20.1. The van der Waals surface area contributed by atoms with E-state index in [0.29, 0.717) is 45.0 Å². The first kappa shape index (κ1) is 20.1. The summed E-state index contributed by atoms with van der Waals surface area (Å²) < 4.78 is 5.07. The Morgan fingerprint density at radius 2 is 1.82 bits per heavy atom. The lowest BCUT2D eigenvalue weighted by molar-refractivity contribution is -0.135. The number of piperazine rings is 1. The Morgan fingerprint density at radius 3 is 2.39 bits per heavy atom. The Morgan fingerprint density at radius 1 is 1.14 bits per heavy atom. The molecule has 1 saturated heterocycles. The lowest BCUT2D eigenvalue weighted by atomic mass is 10.2. The smallest absolute Gasteiger partial charge is 0.292 e. The van der Waals surface area contributed by atoms with E-state index < -0.39 is 0 Å². The van der Waals surface area contributed by atoms with Crippen LogP contribution in [0.1, 0.15) is 35.7 Å². The van der Waals surface area contributed by atoms with Crippen LogP contribution in [0.4, 0.5) is 0 Å². The third-order valence-electron chi connectivity index (χ3n) is 5.00. The van der Waals surface area contributed by atoms with Gasteiger partial charge in [-0.2, -0.15) is 0 Å². The summed E-state index contributed by atoms with van der Waals surface area (Å²) in [4.78, 5) is 31.1. The summed E-state index contributed by atoms with van der Waals surface area (Å²) in [6, 6.07) is 11.8. The van der Waals surface area contributed by atoms with E-state index in [-0.39, 0.29) is 23.6 Å². The number of aromatic nitrogens is 1. The van der Waals surface area contributed by atoms with Crippen LogP contribution in [0.3, 0.4) is 0 Å². The molecule has 1 aromatic carbocycles. The molecule has 0 N–H and O–H groups in total. The molecule has 0 radical (unpaired) electrons. The van der Waals surface area contributed by atoms with Crippen molar-refractivity contribution in [1.29, 1.82) is 0 Å². The number of aryl methyl sites for hydroxylation is 1. The Balaban J connectivity index is 1.52. The van der Waals surface area contributed by atoms with Crippen molar-refractivity contribution in [2.75, 3.05) is 32.7 Å². The predicted octanol–water partition coefficient (Wildman–Crippen LogP) is 2.18. The second-order valence-electron chi connectivity index (χ2n) is 7.50. The zero-order valence-corrected chi connectivity index (χ0v) is 16.8. The van der Waals surface area contributed by atoms with Gasteiger partial charge in [0.25, 0.3) is 5.91 Å². The van der Waals surface area contributed by atoms with Crippen molar-refractivity contribution in [2.45, 2.75) is 33.4 Å². The van der Waals surface area contributed by atoms with Crippen molar-refractivity contribution < 1.29 is 14.1 Å². The van der Waals surface area contributed by atoms with E-state index in [4.69, 9.17) is 4.52 Å². The summed E-state index contributed by atoms with van der Waals surface area (Å²) in [6.45, 7) is 9.34. The molecule has 7 heteroatoms. The maximum Gasteiger partial charge on any atom is 0.292 e. The highest BCUT2D eigenvalue weighted by atomic mass is 16.5. The van der Waals surface area contributed by atoms with Crippen molar-refractivity contribution in [3.63, 3.8) is 0 Å². The lowest BCUT2D eigenvalue weighted by Gasteiger charge is -2.35. The molecule has 0 atom stereocenters. The van der Waals surface area contributed by atoms with E-state index in [1.165, 1.54) is 0 Å². The largest absolute Gasteiger partial charge is 0.351 e. The molecule has 1 aliphatic rings. The van der Waals surface area contributed by atoms with Gasteiger partial charge in [-0.1, -0.05) is 35.5 Å². The van der Waals surface area contributed by atoms with Crippen LogP contribution >= 0.6 is 0 Å². The van der Waals surface area contributed by atoms with Crippen LogP contribution in [0.5, 0.6) is 0 Å². The molecule has 1 aliphatic heterocycles. The topological polar surface area (TPSA) is 69.9 Å². The maximum atomic E-state index is 12.9. The summed E-state index contributed by atoms with van der Waals surface area (Å²) in [6.07, 6.45) is 0. The van der Waals surface area contributed by atoms with E-state index in [2.05, 4.69) is 10.1 Å². The average molecular weight is 384 g/mol. The zero-order valence-electron chi connectivity index (χ0n) is 16.8. The number of rotatable bonds is 6. The molecule has 0 bridgehead atoms. The molecule has 2 amide bonds. The van der Waals surface area contributed by atoms with Crippen LogP contribution in [-0.4, -0.2) is 70.4 Å². The van der Waals surface area contributed by atoms with E-state index in [1.807, 2.05) is 49.1 Å². The minimum atomic E-state index is -0.139. The number of nitrogens with zero attached hydrogens (tertiary/aromatic N) is 4. The molecule has 0 saturated carbocycles. The van der Waals surface area contributed by atoms with E-state index in [0.717, 1.165) is 5.56 Å². The molecule has 150 valence electrons. The molecular formula is C21H28N4O3. The third kappa shape index (κ3) is 4.98. The standard InChI is InChI=1S/C21H28N4O3/c1-16(2)25(14-18-7-5-4-6-8-18)20(26)15-23-9-11-24(12-10-23)21(27)19-13-17(3)22-28-19/h4-8,13,16H,9-12,14-15H2,1-3H3. The van der Waals surface area contributed by atoms with Gasteiger partial charge in [0.05, 0.1) is 12.2 Å². The second kappa shape index (κ2) is 9.01. The molecule has 1 fully saturated rings. The van der Waals surface area contributed by atoms with Crippen molar-refractivity contribution >= 4 is 11.8 Å². The van der Waals surface area contributed by atoms with Gasteiger partial charge in [-0.25, -0.2) is 0 Å². The normalized spacial score (nSPS) is 15.1. The van der Waals surface area contributed by atoms with E-state index in [1.54, 1.807) is 17.9 Å².